The fourth-order valence-electron chi connectivity index (χ4n) is 0.611. The van der Waals surface area contributed by atoms with Crippen molar-refractivity contribution in [2.24, 2.45) is 0 Å². The molecule has 0 spiro atoms. The summed E-state index contributed by atoms with van der Waals surface area (Å²) < 4.78 is 0. The molecule has 8 heavy (non-hydrogen) atoms. The molecule has 2 rings (SSSR count). The minimum Gasteiger partial charge on any atom is -0.289 e. The van der Waals surface area contributed by atoms with Gasteiger partial charge in [0, 0.05) is 11.1 Å². The van der Waals surface area contributed by atoms with Crippen LogP contribution in [-0.2, 0) is 0 Å². The van der Waals surface area contributed by atoms with Gasteiger partial charge in [-0.1, -0.05) is 0 Å². The van der Waals surface area contributed by atoms with Gasteiger partial charge < -0.3 is 0 Å². The van der Waals surface area contributed by atoms with Crippen LogP contribution < -0.4 is 10.9 Å². The quantitative estimate of drug-likeness (QED) is 0.505. The van der Waals surface area contributed by atoms with Gasteiger partial charge in [0.25, 0.3) is 0 Å². The van der Waals surface area contributed by atoms with Gasteiger partial charge in [0.15, 0.2) is 10.9 Å². The molecule has 0 heterocycles. The summed E-state index contributed by atoms with van der Waals surface area (Å²) >= 11 is 0. The Hall–Kier alpha value is -1.18. The van der Waals surface area contributed by atoms with Crippen molar-refractivity contribution in [1.29, 1.82) is 0 Å². The van der Waals surface area contributed by atoms with E-state index in [1.807, 2.05) is 0 Å². The highest BCUT2D eigenvalue weighted by Crippen LogP contribution is 2.16. The highest BCUT2D eigenvalue weighted by molar-refractivity contribution is 5.75. The third-order valence-corrected chi connectivity index (χ3v) is 1.21. The SMILES string of the molecule is O=c1cc1-c1cc1=O. The second-order valence-electron chi connectivity index (χ2n) is 1.84. The predicted octanol–water partition coefficient (Wildman–Crippen LogP) is -0.175. The summed E-state index contributed by atoms with van der Waals surface area (Å²) in [6.07, 6.45) is 0. The zero-order valence-electron chi connectivity index (χ0n) is 3.97. The molecule has 0 fully saturated rings. The summed E-state index contributed by atoms with van der Waals surface area (Å²) in [5.74, 6) is 0. The monoisotopic (exact) mass is 106 g/mol. The molecule has 2 heteroatoms. The van der Waals surface area contributed by atoms with Gasteiger partial charge in [-0.3, -0.25) is 9.59 Å². The van der Waals surface area contributed by atoms with E-state index in [0.29, 0.717) is 11.1 Å². The van der Waals surface area contributed by atoms with Crippen LogP contribution in [0.1, 0.15) is 0 Å². The molecule has 0 amide bonds. The molecule has 0 atom stereocenters. The van der Waals surface area contributed by atoms with Gasteiger partial charge in [0.2, 0.25) is 0 Å². The Labute approximate surface area is 44.7 Å². The molecular formula is C6H2O2. The lowest BCUT2D eigenvalue weighted by molar-refractivity contribution is 1.97. The Morgan fingerprint density at radius 3 is 1.25 bits per heavy atom. The standard InChI is InChI=1S/C6H2O2/c7-5-1-3(5)4-2-6(4)8/h1-2H. The number of hydrogen-bond donors (Lipinski definition) is 0. The average Bonchev–Trinajstić information content (AvgIpc) is 2.47. The van der Waals surface area contributed by atoms with Crippen LogP contribution in [0.5, 0.6) is 0 Å². The Morgan fingerprint density at radius 1 is 0.875 bits per heavy atom. The molecule has 0 N–H and O–H groups in total. The molecule has 0 aliphatic rings. The van der Waals surface area contributed by atoms with E-state index in [2.05, 4.69) is 0 Å². The van der Waals surface area contributed by atoms with E-state index in [0.717, 1.165) is 0 Å². The molecule has 2 nitrogen and oxygen atoms in total. The maximum absolute atomic E-state index is 10.2. The van der Waals surface area contributed by atoms with Crippen LogP contribution >= 0.6 is 0 Å². The van der Waals surface area contributed by atoms with E-state index < -0.39 is 0 Å². The van der Waals surface area contributed by atoms with Crippen LogP contribution in [0.2, 0.25) is 0 Å². The third-order valence-electron chi connectivity index (χ3n) is 1.21. The molecule has 0 radical (unpaired) electrons. The molecule has 0 aliphatic heterocycles. The first-order valence-corrected chi connectivity index (χ1v) is 2.31. The maximum atomic E-state index is 10.2. The molecule has 0 aliphatic carbocycles. The summed E-state index contributed by atoms with van der Waals surface area (Å²) in [6, 6.07) is 2.94. The summed E-state index contributed by atoms with van der Waals surface area (Å²) in [4.78, 5) is 20.5. The number of hydrogen-bond acceptors (Lipinski definition) is 2. The van der Waals surface area contributed by atoms with Crippen LogP contribution in [0.15, 0.2) is 21.7 Å². The van der Waals surface area contributed by atoms with Crippen molar-refractivity contribution in [3.63, 3.8) is 0 Å². The zero-order valence-corrected chi connectivity index (χ0v) is 3.97. The number of rotatable bonds is 1. The fraction of sp³-hybridized carbons (Fsp3) is 0. The summed E-state index contributed by atoms with van der Waals surface area (Å²) in [5, 5.41) is 0. The van der Waals surface area contributed by atoms with Crippen LogP contribution in [0.25, 0.3) is 11.1 Å². The predicted molar refractivity (Wildman–Crippen MR) is 29.2 cm³/mol. The molecule has 0 saturated carbocycles. The molecule has 0 bridgehead atoms. The van der Waals surface area contributed by atoms with E-state index in [4.69, 9.17) is 0 Å². The first-order valence-electron chi connectivity index (χ1n) is 2.31. The van der Waals surface area contributed by atoms with Crippen molar-refractivity contribution >= 4 is 0 Å². The lowest BCUT2D eigenvalue weighted by Gasteiger charge is -1.55. The van der Waals surface area contributed by atoms with E-state index in [1.165, 1.54) is 12.1 Å². The second kappa shape index (κ2) is 0.823. The molecular weight excluding hydrogens is 104 g/mol. The molecule has 2 aromatic rings. The molecule has 0 aromatic heterocycles. The Bertz CT molecular complexity index is 305. The van der Waals surface area contributed by atoms with Crippen molar-refractivity contribution < 1.29 is 0 Å². The van der Waals surface area contributed by atoms with Gasteiger partial charge in [-0.2, -0.15) is 0 Å². The van der Waals surface area contributed by atoms with Crippen molar-refractivity contribution in [3.05, 3.63) is 32.6 Å². The Balaban J connectivity index is 2.54. The fourth-order valence-corrected chi connectivity index (χ4v) is 0.611. The Kier molecular flexibility index (Phi) is 0.388. The molecule has 2 aromatic carbocycles. The van der Waals surface area contributed by atoms with E-state index >= 15 is 0 Å². The van der Waals surface area contributed by atoms with Gasteiger partial charge in [0.05, 0.1) is 0 Å². The highest BCUT2D eigenvalue weighted by Gasteiger charge is 2.19. The Morgan fingerprint density at radius 2 is 1.12 bits per heavy atom. The second-order valence-corrected chi connectivity index (χ2v) is 1.84. The van der Waals surface area contributed by atoms with Crippen LogP contribution in [0.3, 0.4) is 0 Å². The van der Waals surface area contributed by atoms with Crippen LogP contribution in [0, 0.1) is 0 Å². The van der Waals surface area contributed by atoms with E-state index in [1.54, 1.807) is 0 Å². The van der Waals surface area contributed by atoms with Crippen molar-refractivity contribution in [3.8, 4) is 11.1 Å². The van der Waals surface area contributed by atoms with Crippen molar-refractivity contribution in [2.45, 2.75) is 0 Å². The summed E-state index contributed by atoms with van der Waals surface area (Å²) in [5.41, 5.74) is 1.27. The van der Waals surface area contributed by atoms with Gasteiger partial charge in [-0.05, 0) is 12.1 Å². The van der Waals surface area contributed by atoms with Gasteiger partial charge in [-0.25, -0.2) is 0 Å². The summed E-state index contributed by atoms with van der Waals surface area (Å²) in [6.45, 7) is 0. The van der Waals surface area contributed by atoms with Gasteiger partial charge in [0.1, 0.15) is 0 Å². The first kappa shape index (κ1) is 3.78. The summed E-state index contributed by atoms with van der Waals surface area (Å²) in [7, 11) is 0. The molecule has 38 valence electrons. The van der Waals surface area contributed by atoms with Crippen molar-refractivity contribution in [1.82, 2.24) is 0 Å². The third kappa shape index (κ3) is 0.320. The zero-order chi connectivity index (χ0) is 5.72. The van der Waals surface area contributed by atoms with Gasteiger partial charge in [-0.15, -0.1) is 0 Å². The van der Waals surface area contributed by atoms with Gasteiger partial charge >= 0.3 is 0 Å². The lowest BCUT2D eigenvalue weighted by Crippen LogP contribution is -1.75. The smallest absolute Gasteiger partial charge is 0.187 e. The first-order chi connectivity index (χ1) is 3.79. The molecule has 0 unspecified atom stereocenters. The highest BCUT2D eigenvalue weighted by atomic mass is 16.1. The average molecular weight is 106 g/mol. The van der Waals surface area contributed by atoms with Crippen LogP contribution in [0.4, 0.5) is 0 Å². The maximum Gasteiger partial charge on any atom is 0.187 e. The minimum absolute atomic E-state index is 0.0158. The van der Waals surface area contributed by atoms with Crippen molar-refractivity contribution in [2.75, 3.05) is 0 Å². The lowest BCUT2D eigenvalue weighted by atomic mass is 10.4. The van der Waals surface area contributed by atoms with E-state index in [9.17, 15) is 9.59 Å². The topological polar surface area (TPSA) is 34.1 Å². The van der Waals surface area contributed by atoms with Crippen LogP contribution in [-0.4, -0.2) is 0 Å². The van der Waals surface area contributed by atoms with E-state index in [-0.39, 0.29) is 10.9 Å². The molecule has 0 saturated heterocycles. The largest absolute Gasteiger partial charge is 0.289 e. The minimum atomic E-state index is 0.0158. The normalized spacial score (nSPS) is 11.5.